The summed E-state index contributed by atoms with van der Waals surface area (Å²) < 4.78 is 44.0. The molecule has 0 saturated heterocycles. The van der Waals surface area contributed by atoms with Crippen molar-refractivity contribution in [2.75, 3.05) is 12.4 Å². The highest BCUT2D eigenvalue weighted by atomic mass is 35.5. The van der Waals surface area contributed by atoms with E-state index in [0.717, 1.165) is 28.8 Å². The lowest BCUT2D eigenvalue weighted by Crippen LogP contribution is -2.17. The highest BCUT2D eigenvalue weighted by molar-refractivity contribution is 7.13. The highest BCUT2D eigenvalue weighted by Crippen LogP contribution is 2.35. The molecular weight excluding hydrogens is 453 g/mol. The molecule has 164 valence electrons. The molecule has 2 aromatic heterocycles. The van der Waals surface area contributed by atoms with Gasteiger partial charge in [0.05, 0.1) is 29.9 Å². The van der Waals surface area contributed by atoms with E-state index in [1.165, 1.54) is 6.20 Å². The van der Waals surface area contributed by atoms with E-state index < -0.39 is 22.7 Å². The lowest BCUT2D eigenvalue weighted by molar-refractivity contribution is -0.137. The fourth-order valence-electron chi connectivity index (χ4n) is 2.60. The van der Waals surface area contributed by atoms with Crippen LogP contribution in [-0.4, -0.2) is 23.0 Å². The number of halogens is 4. The molecule has 0 aliphatic rings. The molecular formula is C20H18ClF3N4O2S. The number of carbonyl (C=O) groups is 1. The fourth-order valence-corrected chi connectivity index (χ4v) is 3.65. The van der Waals surface area contributed by atoms with Crippen molar-refractivity contribution in [1.82, 2.24) is 15.3 Å². The van der Waals surface area contributed by atoms with Gasteiger partial charge in [-0.3, -0.25) is 4.79 Å². The molecule has 6 nitrogen and oxygen atoms in total. The average molecular weight is 471 g/mol. The summed E-state index contributed by atoms with van der Waals surface area (Å²) in [7, 11) is 1.60. The third-order valence-corrected chi connectivity index (χ3v) is 5.77. The lowest BCUT2D eigenvalue weighted by Gasteiger charge is -2.11. The standard InChI is InChI=1S/C20H18ClF3N4O2S/c1-11(25-8-12-3-5-13(30-2)6-4-12)19-27-10-16(31-19)18(29)28-17-7-14(20(22,23)24)15(21)9-26-17/h3-7,9-11,25H,8H2,1-2H3,(H,26,28,29). The summed E-state index contributed by atoms with van der Waals surface area (Å²) in [5, 5.41) is 5.78. The second-order valence-electron chi connectivity index (χ2n) is 6.51. The quantitative estimate of drug-likeness (QED) is 0.488. The molecule has 0 spiro atoms. The maximum absolute atomic E-state index is 13.0. The number of thiazole rings is 1. The summed E-state index contributed by atoms with van der Waals surface area (Å²) in [6, 6.07) is 8.16. The van der Waals surface area contributed by atoms with Crippen molar-refractivity contribution in [3.8, 4) is 5.75 Å². The van der Waals surface area contributed by atoms with Crippen LogP contribution in [0.5, 0.6) is 5.75 Å². The molecule has 0 radical (unpaired) electrons. The van der Waals surface area contributed by atoms with Gasteiger partial charge in [-0.1, -0.05) is 23.7 Å². The Bertz CT molecular complexity index is 1060. The number of nitrogens with one attached hydrogen (secondary N) is 2. The number of rotatable bonds is 7. The number of methoxy groups -OCH3 is 1. The van der Waals surface area contributed by atoms with Gasteiger partial charge in [0.15, 0.2) is 0 Å². The zero-order valence-corrected chi connectivity index (χ0v) is 18.0. The van der Waals surface area contributed by atoms with Crippen molar-refractivity contribution in [3.63, 3.8) is 0 Å². The Labute approximate surface area is 185 Å². The molecule has 3 rings (SSSR count). The van der Waals surface area contributed by atoms with Crippen LogP contribution in [0, 0.1) is 0 Å². The molecule has 0 fully saturated rings. The molecule has 0 saturated carbocycles. The predicted molar refractivity (Wildman–Crippen MR) is 113 cm³/mol. The van der Waals surface area contributed by atoms with Crippen LogP contribution < -0.4 is 15.4 Å². The Kier molecular flexibility index (Phi) is 7.14. The third kappa shape index (κ3) is 5.93. The number of nitrogens with zero attached hydrogens (tertiary/aromatic N) is 2. The number of alkyl halides is 3. The van der Waals surface area contributed by atoms with Crippen LogP contribution >= 0.6 is 22.9 Å². The smallest absolute Gasteiger partial charge is 0.418 e. The van der Waals surface area contributed by atoms with Gasteiger partial charge in [0, 0.05) is 12.7 Å². The van der Waals surface area contributed by atoms with Crippen molar-refractivity contribution in [2.45, 2.75) is 25.7 Å². The van der Waals surface area contributed by atoms with E-state index in [1.54, 1.807) is 7.11 Å². The van der Waals surface area contributed by atoms with Crippen LogP contribution in [0.2, 0.25) is 5.02 Å². The van der Waals surface area contributed by atoms with E-state index in [2.05, 4.69) is 20.6 Å². The Balaban J connectivity index is 1.62. The number of hydrogen-bond donors (Lipinski definition) is 2. The second kappa shape index (κ2) is 9.63. The first-order valence-electron chi connectivity index (χ1n) is 9.03. The summed E-state index contributed by atoms with van der Waals surface area (Å²) >= 11 is 6.69. The molecule has 2 N–H and O–H groups in total. The number of carbonyl (C=O) groups excluding carboxylic acids is 1. The van der Waals surface area contributed by atoms with E-state index in [4.69, 9.17) is 16.3 Å². The number of amides is 1. The van der Waals surface area contributed by atoms with Gasteiger partial charge < -0.3 is 15.4 Å². The number of benzene rings is 1. The van der Waals surface area contributed by atoms with E-state index in [1.807, 2.05) is 31.2 Å². The molecule has 1 unspecified atom stereocenters. The SMILES string of the molecule is COc1ccc(CNC(C)c2ncc(C(=O)Nc3cc(C(F)(F)F)c(Cl)cn3)s2)cc1. The van der Waals surface area contributed by atoms with Crippen molar-refractivity contribution in [2.24, 2.45) is 0 Å². The molecule has 2 heterocycles. The molecule has 31 heavy (non-hydrogen) atoms. The topological polar surface area (TPSA) is 76.1 Å². The Morgan fingerprint density at radius 2 is 1.94 bits per heavy atom. The van der Waals surface area contributed by atoms with Gasteiger partial charge >= 0.3 is 6.18 Å². The van der Waals surface area contributed by atoms with E-state index in [0.29, 0.717) is 17.6 Å². The number of anilines is 1. The predicted octanol–water partition coefficient (Wildman–Crippen LogP) is 5.32. The normalized spacial score (nSPS) is 12.5. The van der Waals surface area contributed by atoms with Crippen molar-refractivity contribution in [3.05, 3.63) is 68.8 Å². The molecule has 1 aromatic carbocycles. The zero-order chi connectivity index (χ0) is 22.6. The minimum absolute atomic E-state index is 0.140. The maximum Gasteiger partial charge on any atom is 0.418 e. The van der Waals surface area contributed by atoms with Crippen molar-refractivity contribution < 1.29 is 22.7 Å². The summed E-state index contributed by atoms with van der Waals surface area (Å²) in [5.74, 6) is -0.0821. The summed E-state index contributed by atoms with van der Waals surface area (Å²) in [6.07, 6.45) is -2.42. The summed E-state index contributed by atoms with van der Waals surface area (Å²) in [6.45, 7) is 2.49. The van der Waals surface area contributed by atoms with Crippen LogP contribution in [0.1, 0.15) is 38.8 Å². The first-order chi connectivity index (χ1) is 14.7. The molecule has 11 heteroatoms. The van der Waals surface area contributed by atoms with Gasteiger partial charge in [0.1, 0.15) is 21.5 Å². The molecule has 1 amide bonds. The lowest BCUT2D eigenvalue weighted by atomic mass is 10.2. The third-order valence-electron chi connectivity index (χ3n) is 4.29. The molecule has 1 atom stereocenters. The van der Waals surface area contributed by atoms with E-state index in [9.17, 15) is 18.0 Å². The van der Waals surface area contributed by atoms with Gasteiger partial charge in [-0.05, 0) is 30.7 Å². The molecule has 0 aliphatic heterocycles. The summed E-state index contributed by atoms with van der Waals surface area (Å²) in [4.78, 5) is 20.6. The Morgan fingerprint density at radius 1 is 1.23 bits per heavy atom. The van der Waals surface area contributed by atoms with Crippen LogP contribution in [0.4, 0.5) is 19.0 Å². The Morgan fingerprint density at radius 3 is 2.58 bits per heavy atom. The number of aromatic nitrogens is 2. The van der Waals surface area contributed by atoms with Gasteiger partial charge in [0.2, 0.25) is 0 Å². The van der Waals surface area contributed by atoms with Gasteiger partial charge in [-0.25, -0.2) is 9.97 Å². The molecule has 0 bridgehead atoms. The average Bonchev–Trinajstić information content (AvgIpc) is 3.23. The van der Waals surface area contributed by atoms with Crippen molar-refractivity contribution >= 4 is 34.7 Å². The maximum atomic E-state index is 13.0. The van der Waals surface area contributed by atoms with Gasteiger partial charge in [0.25, 0.3) is 5.91 Å². The second-order valence-corrected chi connectivity index (χ2v) is 7.98. The number of hydrogen-bond acceptors (Lipinski definition) is 6. The minimum Gasteiger partial charge on any atom is -0.497 e. The zero-order valence-electron chi connectivity index (χ0n) is 16.5. The largest absolute Gasteiger partial charge is 0.497 e. The van der Waals surface area contributed by atoms with Gasteiger partial charge in [-0.15, -0.1) is 11.3 Å². The van der Waals surface area contributed by atoms with Crippen molar-refractivity contribution in [1.29, 1.82) is 0 Å². The molecule has 3 aromatic rings. The van der Waals surface area contributed by atoms with E-state index >= 15 is 0 Å². The number of ether oxygens (including phenoxy) is 1. The van der Waals surface area contributed by atoms with Crippen LogP contribution in [0.15, 0.2) is 42.7 Å². The van der Waals surface area contributed by atoms with Crippen LogP contribution in [0.3, 0.4) is 0 Å². The summed E-state index contributed by atoms with van der Waals surface area (Å²) in [5.41, 5.74) is -0.0164. The van der Waals surface area contributed by atoms with Crippen LogP contribution in [0.25, 0.3) is 0 Å². The van der Waals surface area contributed by atoms with Gasteiger partial charge in [-0.2, -0.15) is 13.2 Å². The Hall–Kier alpha value is -2.69. The first kappa shape index (κ1) is 23.0. The highest BCUT2D eigenvalue weighted by Gasteiger charge is 2.34. The monoisotopic (exact) mass is 470 g/mol. The molecule has 0 aliphatic carbocycles. The number of pyridine rings is 1. The first-order valence-corrected chi connectivity index (χ1v) is 10.2. The fraction of sp³-hybridized carbons (Fsp3) is 0.250. The minimum atomic E-state index is -4.65. The van der Waals surface area contributed by atoms with Crippen LogP contribution in [-0.2, 0) is 12.7 Å². The van der Waals surface area contributed by atoms with E-state index in [-0.39, 0.29) is 16.7 Å².